The van der Waals surface area contributed by atoms with Crippen LogP contribution in [0.3, 0.4) is 0 Å². The number of methoxy groups -OCH3 is 1. The highest BCUT2D eigenvalue weighted by atomic mass is 32.1. The van der Waals surface area contributed by atoms with E-state index in [0.717, 1.165) is 5.56 Å². The maximum atomic E-state index is 12.3. The van der Waals surface area contributed by atoms with Gasteiger partial charge in [-0.2, -0.15) is 0 Å². The summed E-state index contributed by atoms with van der Waals surface area (Å²) in [7, 11) is 1.32. The Hall–Kier alpha value is -2.15. The van der Waals surface area contributed by atoms with Crippen molar-refractivity contribution in [1.29, 1.82) is 0 Å². The molecule has 0 saturated carbocycles. The molecule has 6 nitrogen and oxygen atoms in total. The van der Waals surface area contributed by atoms with Gasteiger partial charge in [-0.15, -0.1) is 0 Å². The Labute approximate surface area is 133 Å². The van der Waals surface area contributed by atoms with Crippen LogP contribution in [0.25, 0.3) is 0 Å². The maximum absolute atomic E-state index is 12.3. The van der Waals surface area contributed by atoms with Crippen LogP contribution in [0.1, 0.15) is 25.5 Å². The van der Waals surface area contributed by atoms with E-state index in [4.69, 9.17) is 21.7 Å². The van der Waals surface area contributed by atoms with Gasteiger partial charge in [0, 0.05) is 12.5 Å². The van der Waals surface area contributed by atoms with Crippen molar-refractivity contribution in [3.63, 3.8) is 0 Å². The third-order valence-corrected chi connectivity index (χ3v) is 4.41. The topological polar surface area (TPSA) is 67.9 Å². The number of carbonyl (C=O) groups excluding carboxylic acids is 2. The standard InChI is InChI=1S/C15H16N2O4S/c1-8(18)17-12-9-6-4-5-7-10(9)21-15(2,16-14(17)22)11(12)13(19)20-3/h4-7,11-12H,1-3H3,(H,16,22). The van der Waals surface area contributed by atoms with Gasteiger partial charge >= 0.3 is 5.97 Å². The molecule has 0 radical (unpaired) electrons. The number of fused-ring (bicyclic) bond motifs is 4. The third-order valence-electron chi connectivity index (χ3n) is 4.12. The summed E-state index contributed by atoms with van der Waals surface area (Å²) in [5.74, 6) is -0.794. The van der Waals surface area contributed by atoms with Crippen LogP contribution in [0, 0.1) is 5.92 Å². The van der Waals surface area contributed by atoms with Crippen LogP contribution in [0.4, 0.5) is 0 Å². The number of esters is 1. The summed E-state index contributed by atoms with van der Waals surface area (Å²) in [4.78, 5) is 25.8. The largest absolute Gasteiger partial charge is 0.469 e. The molecule has 2 bridgehead atoms. The second-order valence-electron chi connectivity index (χ2n) is 5.51. The van der Waals surface area contributed by atoms with Gasteiger partial charge in [0.2, 0.25) is 5.91 Å². The van der Waals surface area contributed by atoms with Crippen LogP contribution in [-0.2, 0) is 14.3 Å². The SMILES string of the molecule is COC(=O)C1C2c3ccccc3OC1(C)NC(=S)N2C(C)=O. The van der Waals surface area contributed by atoms with Crippen LogP contribution in [0.15, 0.2) is 24.3 Å². The van der Waals surface area contributed by atoms with Gasteiger partial charge in [0.15, 0.2) is 10.8 Å². The highest BCUT2D eigenvalue weighted by Gasteiger charge is 2.58. The number of hydrogen-bond acceptors (Lipinski definition) is 5. The lowest BCUT2D eigenvalue weighted by atomic mass is 9.79. The number of nitrogens with one attached hydrogen (secondary N) is 1. The molecule has 0 aliphatic carbocycles. The van der Waals surface area contributed by atoms with Crippen molar-refractivity contribution < 1.29 is 19.1 Å². The highest BCUT2D eigenvalue weighted by molar-refractivity contribution is 7.80. The molecule has 1 aromatic rings. The molecule has 1 fully saturated rings. The quantitative estimate of drug-likeness (QED) is 0.622. The van der Waals surface area contributed by atoms with E-state index in [-0.39, 0.29) is 11.0 Å². The Morgan fingerprint density at radius 1 is 1.41 bits per heavy atom. The molecule has 1 aromatic carbocycles. The molecule has 1 N–H and O–H groups in total. The highest BCUT2D eigenvalue weighted by Crippen LogP contribution is 2.48. The minimum absolute atomic E-state index is 0.241. The molecular weight excluding hydrogens is 304 g/mol. The minimum Gasteiger partial charge on any atom is -0.469 e. The first kappa shape index (κ1) is 14.8. The molecule has 2 aliphatic rings. The normalized spacial score (nSPS) is 29.0. The van der Waals surface area contributed by atoms with E-state index < -0.39 is 23.7 Å². The fourth-order valence-electron chi connectivity index (χ4n) is 3.20. The Kier molecular flexibility index (Phi) is 3.32. The van der Waals surface area contributed by atoms with E-state index in [1.165, 1.54) is 18.9 Å². The van der Waals surface area contributed by atoms with Crippen LogP contribution in [0.5, 0.6) is 5.75 Å². The van der Waals surface area contributed by atoms with E-state index in [2.05, 4.69) is 5.32 Å². The lowest BCUT2D eigenvalue weighted by Crippen LogP contribution is -2.71. The number of amides is 1. The maximum Gasteiger partial charge on any atom is 0.317 e. The van der Waals surface area contributed by atoms with Crippen LogP contribution >= 0.6 is 12.2 Å². The van der Waals surface area contributed by atoms with Crippen molar-refractivity contribution in [2.24, 2.45) is 5.92 Å². The van der Waals surface area contributed by atoms with Gasteiger partial charge in [-0.25, -0.2) is 0 Å². The molecule has 2 heterocycles. The lowest BCUT2D eigenvalue weighted by Gasteiger charge is -2.53. The van der Waals surface area contributed by atoms with Gasteiger partial charge < -0.3 is 14.8 Å². The average molecular weight is 320 g/mol. The predicted octanol–water partition coefficient (Wildman–Crippen LogP) is 1.36. The summed E-state index contributed by atoms with van der Waals surface area (Å²) >= 11 is 5.30. The van der Waals surface area contributed by atoms with Crippen molar-refractivity contribution >= 4 is 29.2 Å². The fraction of sp³-hybridized carbons (Fsp3) is 0.400. The molecule has 2 aliphatic heterocycles. The van der Waals surface area contributed by atoms with Gasteiger partial charge in [0.1, 0.15) is 11.7 Å². The summed E-state index contributed by atoms with van der Waals surface area (Å²) in [5, 5.41) is 3.22. The number of thiocarbonyl (C=S) groups is 1. The van der Waals surface area contributed by atoms with Crippen LogP contribution in [-0.4, -0.2) is 34.7 Å². The minimum atomic E-state index is -1.06. The molecule has 116 valence electrons. The lowest BCUT2D eigenvalue weighted by molar-refractivity contribution is -0.165. The van der Waals surface area contributed by atoms with Crippen molar-refractivity contribution in [1.82, 2.24) is 10.2 Å². The van der Waals surface area contributed by atoms with Crippen molar-refractivity contribution in [3.05, 3.63) is 29.8 Å². The average Bonchev–Trinajstić information content (AvgIpc) is 2.44. The molecule has 1 saturated heterocycles. The van der Waals surface area contributed by atoms with Gasteiger partial charge in [-0.3, -0.25) is 14.5 Å². The number of para-hydroxylation sites is 1. The fourth-order valence-corrected chi connectivity index (χ4v) is 3.65. The summed E-state index contributed by atoms with van der Waals surface area (Å²) in [6.45, 7) is 3.16. The molecule has 0 aromatic heterocycles. The van der Waals surface area contributed by atoms with E-state index in [9.17, 15) is 9.59 Å². The van der Waals surface area contributed by atoms with Gasteiger partial charge in [-0.05, 0) is 25.2 Å². The first-order valence-electron chi connectivity index (χ1n) is 6.87. The summed E-state index contributed by atoms with van der Waals surface area (Å²) in [6, 6.07) is 6.77. The Balaban J connectivity index is 2.23. The van der Waals surface area contributed by atoms with E-state index in [0.29, 0.717) is 5.75 Å². The van der Waals surface area contributed by atoms with Gasteiger partial charge in [-0.1, -0.05) is 18.2 Å². The summed E-state index contributed by atoms with van der Waals surface area (Å²) < 4.78 is 10.9. The van der Waals surface area contributed by atoms with Crippen molar-refractivity contribution in [2.75, 3.05) is 7.11 Å². The molecule has 22 heavy (non-hydrogen) atoms. The molecule has 1 amide bonds. The molecule has 7 heteroatoms. The van der Waals surface area contributed by atoms with Crippen LogP contribution in [0.2, 0.25) is 0 Å². The van der Waals surface area contributed by atoms with E-state index >= 15 is 0 Å². The first-order valence-corrected chi connectivity index (χ1v) is 7.27. The molecule has 3 rings (SSSR count). The zero-order valence-electron chi connectivity index (χ0n) is 12.5. The number of benzene rings is 1. The van der Waals surface area contributed by atoms with Gasteiger partial charge in [0.05, 0.1) is 13.2 Å². The number of nitrogens with zero attached hydrogens (tertiary/aromatic N) is 1. The summed E-state index contributed by atoms with van der Waals surface area (Å²) in [5.41, 5.74) is -0.316. The van der Waals surface area contributed by atoms with E-state index in [1.807, 2.05) is 24.3 Å². The molecule has 0 spiro atoms. The summed E-state index contributed by atoms with van der Waals surface area (Å²) in [6.07, 6.45) is 0. The molecule has 3 unspecified atom stereocenters. The van der Waals surface area contributed by atoms with E-state index in [1.54, 1.807) is 6.92 Å². The monoisotopic (exact) mass is 320 g/mol. The number of carbonyl (C=O) groups is 2. The number of rotatable bonds is 1. The first-order chi connectivity index (χ1) is 10.4. The Bertz CT molecular complexity index is 677. The number of ether oxygens (including phenoxy) is 2. The second-order valence-corrected chi connectivity index (χ2v) is 5.90. The molecule has 3 atom stereocenters. The van der Waals surface area contributed by atoms with Gasteiger partial charge in [0.25, 0.3) is 0 Å². The molecular formula is C15H16N2O4S. The zero-order valence-corrected chi connectivity index (χ0v) is 13.3. The predicted molar refractivity (Wildman–Crippen MR) is 82.0 cm³/mol. The second kappa shape index (κ2) is 4.95. The Morgan fingerprint density at radius 3 is 2.73 bits per heavy atom. The van der Waals surface area contributed by atoms with Crippen LogP contribution < -0.4 is 10.1 Å². The Morgan fingerprint density at radius 2 is 2.09 bits per heavy atom. The third kappa shape index (κ3) is 1.96. The smallest absolute Gasteiger partial charge is 0.317 e. The number of hydrogen-bond donors (Lipinski definition) is 1. The van der Waals surface area contributed by atoms with Crippen molar-refractivity contribution in [3.8, 4) is 5.75 Å². The van der Waals surface area contributed by atoms with Crippen molar-refractivity contribution in [2.45, 2.75) is 25.6 Å². The zero-order chi connectivity index (χ0) is 16.1.